The lowest BCUT2D eigenvalue weighted by Crippen LogP contribution is -2.39. The van der Waals surface area contributed by atoms with Gasteiger partial charge in [-0.25, -0.2) is 15.0 Å². The molecule has 0 radical (unpaired) electrons. The van der Waals surface area contributed by atoms with Crippen LogP contribution in [0.5, 0.6) is 0 Å². The van der Waals surface area contributed by atoms with Gasteiger partial charge in [-0.1, -0.05) is 19.9 Å². The second-order valence-electron chi connectivity index (χ2n) is 8.38. The SMILES string of the molecule is CC(C)CCNc1ncnc2ccc(-c3ccc(NCCN4CCOCC4)nc3)cc12. The number of anilines is 2. The highest BCUT2D eigenvalue weighted by Gasteiger charge is 2.10. The van der Waals surface area contributed by atoms with Gasteiger partial charge in [0.15, 0.2) is 0 Å². The molecule has 7 nitrogen and oxygen atoms in total. The van der Waals surface area contributed by atoms with Crippen molar-refractivity contribution in [2.75, 3.05) is 56.6 Å². The summed E-state index contributed by atoms with van der Waals surface area (Å²) in [6, 6.07) is 10.4. The molecule has 7 heteroatoms. The predicted octanol–water partition coefficient (Wildman–Crippen LogP) is 3.89. The molecule has 31 heavy (non-hydrogen) atoms. The largest absolute Gasteiger partial charge is 0.379 e. The topological polar surface area (TPSA) is 75.2 Å². The van der Waals surface area contributed by atoms with Crippen LogP contribution in [0.3, 0.4) is 0 Å². The Kier molecular flexibility index (Phi) is 7.27. The Hall–Kier alpha value is -2.77. The van der Waals surface area contributed by atoms with Crippen LogP contribution in [-0.2, 0) is 4.74 Å². The van der Waals surface area contributed by atoms with Gasteiger partial charge in [-0.3, -0.25) is 4.90 Å². The van der Waals surface area contributed by atoms with Gasteiger partial charge >= 0.3 is 0 Å². The van der Waals surface area contributed by atoms with E-state index in [0.717, 1.165) is 86.0 Å². The number of rotatable bonds is 9. The molecule has 0 unspecified atom stereocenters. The van der Waals surface area contributed by atoms with Crippen molar-refractivity contribution in [3.63, 3.8) is 0 Å². The third kappa shape index (κ3) is 5.89. The number of nitrogens with one attached hydrogen (secondary N) is 2. The number of aromatic nitrogens is 3. The Morgan fingerprint density at radius 2 is 1.81 bits per heavy atom. The van der Waals surface area contributed by atoms with E-state index in [1.165, 1.54) is 0 Å². The van der Waals surface area contributed by atoms with Gasteiger partial charge in [0.1, 0.15) is 18.0 Å². The number of fused-ring (bicyclic) bond motifs is 1. The lowest BCUT2D eigenvalue weighted by molar-refractivity contribution is 0.0398. The first-order chi connectivity index (χ1) is 15.2. The zero-order valence-electron chi connectivity index (χ0n) is 18.5. The average Bonchev–Trinajstić information content (AvgIpc) is 2.80. The van der Waals surface area contributed by atoms with E-state index in [4.69, 9.17) is 4.74 Å². The molecule has 2 aromatic heterocycles. The molecule has 0 bridgehead atoms. The van der Waals surface area contributed by atoms with Crippen LogP contribution in [0.4, 0.5) is 11.6 Å². The molecule has 1 aliphatic heterocycles. The van der Waals surface area contributed by atoms with Gasteiger partial charge in [-0.2, -0.15) is 0 Å². The molecule has 0 amide bonds. The van der Waals surface area contributed by atoms with E-state index in [2.05, 4.69) is 68.6 Å². The van der Waals surface area contributed by atoms with Crippen LogP contribution in [0, 0.1) is 5.92 Å². The quantitative estimate of drug-likeness (QED) is 0.544. The molecular weight excluding hydrogens is 388 g/mol. The van der Waals surface area contributed by atoms with Crippen LogP contribution >= 0.6 is 0 Å². The highest BCUT2D eigenvalue weighted by Crippen LogP contribution is 2.27. The number of hydrogen-bond donors (Lipinski definition) is 2. The molecule has 164 valence electrons. The third-order valence-electron chi connectivity index (χ3n) is 5.58. The van der Waals surface area contributed by atoms with Crippen LogP contribution in [0.1, 0.15) is 20.3 Å². The molecule has 3 aromatic rings. The predicted molar refractivity (Wildman–Crippen MR) is 126 cm³/mol. The van der Waals surface area contributed by atoms with Crippen LogP contribution in [0.2, 0.25) is 0 Å². The Bertz CT molecular complexity index is 969. The molecule has 0 aliphatic carbocycles. The Morgan fingerprint density at radius 1 is 0.968 bits per heavy atom. The van der Waals surface area contributed by atoms with E-state index >= 15 is 0 Å². The molecule has 3 heterocycles. The second-order valence-corrected chi connectivity index (χ2v) is 8.38. The first-order valence-electron chi connectivity index (χ1n) is 11.2. The van der Waals surface area contributed by atoms with E-state index < -0.39 is 0 Å². The zero-order chi connectivity index (χ0) is 21.5. The summed E-state index contributed by atoms with van der Waals surface area (Å²) >= 11 is 0. The number of nitrogens with zero attached hydrogens (tertiary/aromatic N) is 4. The summed E-state index contributed by atoms with van der Waals surface area (Å²) in [5.74, 6) is 2.45. The molecule has 2 N–H and O–H groups in total. The van der Waals surface area contributed by atoms with Crippen molar-refractivity contribution in [1.29, 1.82) is 0 Å². The summed E-state index contributed by atoms with van der Waals surface area (Å²) in [6.07, 6.45) is 4.65. The minimum atomic E-state index is 0.656. The van der Waals surface area contributed by atoms with Crippen molar-refractivity contribution in [1.82, 2.24) is 19.9 Å². The molecule has 0 atom stereocenters. The van der Waals surface area contributed by atoms with E-state index in [1.54, 1.807) is 6.33 Å². The van der Waals surface area contributed by atoms with Crippen molar-refractivity contribution in [3.8, 4) is 11.1 Å². The van der Waals surface area contributed by atoms with Crippen molar-refractivity contribution < 1.29 is 4.74 Å². The van der Waals surface area contributed by atoms with Crippen LogP contribution < -0.4 is 10.6 Å². The van der Waals surface area contributed by atoms with Crippen molar-refractivity contribution in [3.05, 3.63) is 42.9 Å². The maximum absolute atomic E-state index is 5.40. The molecule has 0 spiro atoms. The minimum Gasteiger partial charge on any atom is -0.379 e. The van der Waals surface area contributed by atoms with Gasteiger partial charge in [0, 0.05) is 49.9 Å². The van der Waals surface area contributed by atoms with Gasteiger partial charge in [0.2, 0.25) is 0 Å². The summed E-state index contributed by atoms with van der Waals surface area (Å²) in [7, 11) is 0. The smallest absolute Gasteiger partial charge is 0.137 e. The third-order valence-corrected chi connectivity index (χ3v) is 5.58. The molecule has 1 aliphatic rings. The zero-order valence-corrected chi connectivity index (χ0v) is 18.5. The number of hydrogen-bond acceptors (Lipinski definition) is 7. The lowest BCUT2D eigenvalue weighted by Gasteiger charge is -2.26. The summed E-state index contributed by atoms with van der Waals surface area (Å²) in [6.45, 7) is 10.9. The first kappa shape index (κ1) is 21.5. The Balaban J connectivity index is 1.41. The molecule has 1 fully saturated rings. The lowest BCUT2D eigenvalue weighted by atomic mass is 10.0. The van der Waals surface area contributed by atoms with Gasteiger partial charge in [-0.05, 0) is 42.2 Å². The number of pyridine rings is 1. The van der Waals surface area contributed by atoms with E-state index in [9.17, 15) is 0 Å². The van der Waals surface area contributed by atoms with Gasteiger partial charge < -0.3 is 15.4 Å². The van der Waals surface area contributed by atoms with E-state index in [0.29, 0.717) is 5.92 Å². The Labute approximate surface area is 184 Å². The summed E-state index contributed by atoms with van der Waals surface area (Å²) in [5, 5.41) is 7.92. The van der Waals surface area contributed by atoms with E-state index in [1.807, 2.05) is 12.3 Å². The molecular formula is C24H32N6O. The van der Waals surface area contributed by atoms with Crippen LogP contribution in [0.25, 0.3) is 22.0 Å². The number of benzene rings is 1. The molecule has 1 saturated heterocycles. The average molecular weight is 421 g/mol. The standard InChI is InChI=1S/C24H32N6O/c1-18(2)7-8-26-24-21-15-19(3-5-22(21)28-17-29-24)20-4-6-23(27-16-20)25-9-10-30-11-13-31-14-12-30/h3-6,15-18H,7-14H2,1-2H3,(H,25,27)(H,26,28,29). The molecule has 4 rings (SSSR count). The fourth-order valence-corrected chi connectivity index (χ4v) is 3.69. The highest BCUT2D eigenvalue weighted by atomic mass is 16.5. The fourth-order valence-electron chi connectivity index (χ4n) is 3.69. The highest BCUT2D eigenvalue weighted by molar-refractivity contribution is 5.92. The summed E-state index contributed by atoms with van der Waals surface area (Å²) in [4.78, 5) is 15.9. The van der Waals surface area contributed by atoms with Gasteiger partial charge in [0.25, 0.3) is 0 Å². The fraction of sp³-hybridized carbons (Fsp3) is 0.458. The van der Waals surface area contributed by atoms with Gasteiger partial charge in [-0.15, -0.1) is 0 Å². The van der Waals surface area contributed by atoms with Crippen LogP contribution in [-0.4, -0.2) is 65.8 Å². The number of ether oxygens (including phenoxy) is 1. The normalized spacial score (nSPS) is 14.8. The Morgan fingerprint density at radius 3 is 2.58 bits per heavy atom. The maximum Gasteiger partial charge on any atom is 0.137 e. The summed E-state index contributed by atoms with van der Waals surface area (Å²) < 4.78 is 5.40. The van der Waals surface area contributed by atoms with Gasteiger partial charge in [0.05, 0.1) is 18.7 Å². The molecule has 1 aromatic carbocycles. The van der Waals surface area contributed by atoms with Crippen molar-refractivity contribution in [2.24, 2.45) is 5.92 Å². The van der Waals surface area contributed by atoms with Crippen LogP contribution in [0.15, 0.2) is 42.9 Å². The first-order valence-corrected chi connectivity index (χ1v) is 11.2. The number of morpholine rings is 1. The second kappa shape index (κ2) is 10.5. The summed E-state index contributed by atoms with van der Waals surface area (Å²) in [5.41, 5.74) is 3.14. The van der Waals surface area contributed by atoms with Crippen molar-refractivity contribution in [2.45, 2.75) is 20.3 Å². The minimum absolute atomic E-state index is 0.656. The van der Waals surface area contributed by atoms with E-state index in [-0.39, 0.29) is 0 Å². The monoisotopic (exact) mass is 420 g/mol. The maximum atomic E-state index is 5.40. The molecule has 0 saturated carbocycles. The van der Waals surface area contributed by atoms with Crippen molar-refractivity contribution >= 4 is 22.5 Å².